The first-order chi connectivity index (χ1) is 12.0. The smallest absolute Gasteiger partial charge is 0.254 e. The summed E-state index contributed by atoms with van der Waals surface area (Å²) in [4.78, 5) is 27.9. The molecule has 0 aliphatic carbocycles. The van der Waals surface area contributed by atoms with Gasteiger partial charge in [-0.05, 0) is 25.0 Å². The number of ether oxygens (including phenoxy) is 2. The summed E-state index contributed by atoms with van der Waals surface area (Å²) in [6.45, 7) is 6.41. The van der Waals surface area contributed by atoms with Gasteiger partial charge in [0.15, 0.2) is 11.5 Å². The molecule has 0 aromatic heterocycles. The zero-order valence-corrected chi connectivity index (χ0v) is 15.8. The van der Waals surface area contributed by atoms with Crippen molar-refractivity contribution in [1.29, 1.82) is 0 Å². The topological polar surface area (TPSA) is 59.1 Å². The third-order valence-corrected chi connectivity index (χ3v) is 4.44. The second kappa shape index (κ2) is 8.94. The summed E-state index contributed by atoms with van der Waals surface area (Å²) in [5, 5.41) is 0.358. The summed E-state index contributed by atoms with van der Waals surface area (Å²) in [7, 11) is 1.52. The molecule has 1 saturated heterocycles. The lowest BCUT2D eigenvalue weighted by Gasteiger charge is -2.22. The van der Waals surface area contributed by atoms with Crippen LogP contribution in [0.2, 0.25) is 5.02 Å². The Morgan fingerprint density at radius 1 is 1.16 bits per heavy atom. The fraction of sp³-hybridized carbons (Fsp3) is 0.556. The van der Waals surface area contributed by atoms with Gasteiger partial charge in [0, 0.05) is 38.7 Å². The zero-order valence-electron chi connectivity index (χ0n) is 15.0. The minimum atomic E-state index is -0.118. The minimum Gasteiger partial charge on any atom is -0.493 e. The van der Waals surface area contributed by atoms with Crippen molar-refractivity contribution in [3.8, 4) is 11.5 Å². The average Bonchev–Trinajstić information content (AvgIpc) is 2.85. The monoisotopic (exact) mass is 368 g/mol. The Balaban J connectivity index is 2.18. The van der Waals surface area contributed by atoms with Crippen molar-refractivity contribution in [2.45, 2.75) is 26.7 Å². The van der Waals surface area contributed by atoms with Gasteiger partial charge in [-0.2, -0.15) is 0 Å². The molecular weight excluding hydrogens is 344 g/mol. The highest BCUT2D eigenvalue weighted by molar-refractivity contribution is 6.32. The summed E-state index contributed by atoms with van der Waals surface area (Å²) in [6, 6.07) is 3.28. The van der Waals surface area contributed by atoms with Crippen molar-refractivity contribution >= 4 is 23.4 Å². The number of benzene rings is 1. The predicted molar refractivity (Wildman–Crippen MR) is 96.6 cm³/mol. The van der Waals surface area contributed by atoms with E-state index in [0.717, 1.165) is 12.8 Å². The molecule has 1 aliphatic heterocycles. The molecule has 2 amide bonds. The van der Waals surface area contributed by atoms with E-state index < -0.39 is 0 Å². The molecule has 0 atom stereocenters. The number of amides is 2. The van der Waals surface area contributed by atoms with Crippen LogP contribution in [0, 0.1) is 0 Å². The van der Waals surface area contributed by atoms with Gasteiger partial charge in [-0.15, -0.1) is 0 Å². The van der Waals surface area contributed by atoms with E-state index in [0.29, 0.717) is 54.9 Å². The molecule has 25 heavy (non-hydrogen) atoms. The van der Waals surface area contributed by atoms with Crippen molar-refractivity contribution in [3.63, 3.8) is 0 Å². The van der Waals surface area contributed by atoms with Crippen LogP contribution in [0.4, 0.5) is 0 Å². The molecule has 1 aliphatic rings. The molecule has 1 aromatic carbocycles. The Bertz CT molecular complexity index is 636. The molecule has 1 fully saturated rings. The Morgan fingerprint density at radius 2 is 1.84 bits per heavy atom. The maximum absolute atomic E-state index is 12.8. The van der Waals surface area contributed by atoms with Crippen LogP contribution in [0.25, 0.3) is 0 Å². The van der Waals surface area contributed by atoms with Gasteiger partial charge in [0.2, 0.25) is 5.91 Å². The van der Waals surface area contributed by atoms with Crippen molar-refractivity contribution < 1.29 is 19.1 Å². The van der Waals surface area contributed by atoms with Gasteiger partial charge in [0.05, 0.1) is 18.7 Å². The van der Waals surface area contributed by atoms with Crippen LogP contribution >= 0.6 is 11.6 Å². The molecule has 0 N–H and O–H groups in total. The Labute approximate surface area is 153 Å². The van der Waals surface area contributed by atoms with E-state index in [1.54, 1.807) is 28.9 Å². The van der Waals surface area contributed by atoms with Gasteiger partial charge in [-0.1, -0.05) is 18.5 Å². The maximum atomic E-state index is 12.8. The Morgan fingerprint density at radius 3 is 2.48 bits per heavy atom. The summed E-state index contributed by atoms with van der Waals surface area (Å²) < 4.78 is 11.0. The fourth-order valence-corrected chi connectivity index (χ4v) is 3.07. The van der Waals surface area contributed by atoms with E-state index in [1.807, 2.05) is 6.92 Å². The highest BCUT2D eigenvalue weighted by Crippen LogP contribution is 2.36. The average molecular weight is 369 g/mol. The van der Waals surface area contributed by atoms with Gasteiger partial charge in [0.25, 0.3) is 5.91 Å². The zero-order chi connectivity index (χ0) is 18.4. The molecule has 0 bridgehead atoms. The molecule has 7 heteroatoms. The second-order valence-electron chi connectivity index (χ2n) is 5.99. The number of hydrogen-bond acceptors (Lipinski definition) is 4. The summed E-state index contributed by atoms with van der Waals surface area (Å²) in [5.41, 5.74) is 0.460. The van der Waals surface area contributed by atoms with Gasteiger partial charge in [-0.25, -0.2) is 0 Å². The summed E-state index contributed by atoms with van der Waals surface area (Å²) in [6.07, 6.45) is 1.61. The largest absolute Gasteiger partial charge is 0.493 e. The quantitative estimate of drug-likeness (QED) is 0.801. The molecule has 0 saturated carbocycles. The molecule has 1 aromatic rings. The number of nitrogens with zero attached hydrogens (tertiary/aromatic N) is 2. The lowest BCUT2D eigenvalue weighted by molar-refractivity contribution is -0.128. The van der Waals surface area contributed by atoms with Crippen LogP contribution in [-0.2, 0) is 4.79 Å². The fourth-order valence-electron chi connectivity index (χ4n) is 2.81. The predicted octanol–water partition coefficient (Wildman–Crippen LogP) is 2.83. The Hall–Kier alpha value is -1.95. The van der Waals surface area contributed by atoms with E-state index in [9.17, 15) is 9.59 Å². The first kappa shape index (κ1) is 19.4. The molecular formula is C18H25ClN2O4. The highest BCUT2D eigenvalue weighted by Gasteiger charge is 2.23. The molecule has 0 unspecified atom stereocenters. The summed E-state index contributed by atoms with van der Waals surface area (Å²) >= 11 is 6.30. The van der Waals surface area contributed by atoms with Crippen LogP contribution in [-0.4, -0.2) is 61.5 Å². The van der Waals surface area contributed by atoms with Gasteiger partial charge < -0.3 is 19.3 Å². The maximum Gasteiger partial charge on any atom is 0.254 e. The highest BCUT2D eigenvalue weighted by atomic mass is 35.5. The number of methoxy groups -OCH3 is 1. The van der Waals surface area contributed by atoms with Crippen LogP contribution in [0.1, 0.15) is 37.0 Å². The van der Waals surface area contributed by atoms with E-state index in [2.05, 4.69) is 0 Å². The van der Waals surface area contributed by atoms with Crippen LogP contribution in [0.3, 0.4) is 0 Å². The molecule has 0 spiro atoms. The normalized spacial score (nSPS) is 14.9. The van der Waals surface area contributed by atoms with Crippen LogP contribution in [0.5, 0.6) is 11.5 Å². The third-order valence-electron chi connectivity index (χ3n) is 4.16. The van der Waals surface area contributed by atoms with Gasteiger partial charge in [-0.3, -0.25) is 9.59 Å². The number of carbonyl (C=O) groups excluding carboxylic acids is 2. The number of hydrogen-bond donors (Lipinski definition) is 0. The van der Waals surface area contributed by atoms with E-state index in [1.165, 1.54) is 7.11 Å². The van der Waals surface area contributed by atoms with Crippen molar-refractivity contribution in [2.75, 3.05) is 39.9 Å². The van der Waals surface area contributed by atoms with E-state index in [-0.39, 0.29) is 11.8 Å². The van der Waals surface area contributed by atoms with Crippen LogP contribution < -0.4 is 9.47 Å². The molecule has 2 rings (SSSR count). The lowest BCUT2D eigenvalue weighted by atomic mass is 10.1. The second-order valence-corrected chi connectivity index (χ2v) is 6.40. The molecule has 1 heterocycles. The third kappa shape index (κ3) is 4.78. The first-order valence-electron chi connectivity index (χ1n) is 8.53. The van der Waals surface area contributed by atoms with Crippen LogP contribution in [0.15, 0.2) is 12.1 Å². The molecule has 6 nitrogen and oxygen atoms in total. The van der Waals surface area contributed by atoms with Crippen molar-refractivity contribution in [3.05, 3.63) is 22.7 Å². The van der Waals surface area contributed by atoms with Gasteiger partial charge >= 0.3 is 0 Å². The van der Waals surface area contributed by atoms with Crippen molar-refractivity contribution in [1.82, 2.24) is 9.80 Å². The molecule has 0 radical (unpaired) electrons. The first-order valence-corrected chi connectivity index (χ1v) is 8.90. The minimum absolute atomic E-state index is 0.0384. The summed E-state index contributed by atoms with van der Waals surface area (Å²) in [5.74, 6) is 0.828. The van der Waals surface area contributed by atoms with E-state index in [4.69, 9.17) is 21.1 Å². The van der Waals surface area contributed by atoms with Crippen molar-refractivity contribution in [2.24, 2.45) is 0 Å². The number of carbonyl (C=O) groups is 2. The molecule has 138 valence electrons. The SMILES string of the molecule is CCCOc1c(Cl)cc(C(=O)N2CCCN(C(C)=O)CC2)cc1OC. The number of rotatable bonds is 5. The standard InChI is InChI=1S/C18H25ClN2O4/c1-4-10-25-17-15(19)11-14(12-16(17)24-3)18(23)21-7-5-6-20(8-9-21)13(2)22/h11-12H,4-10H2,1-3H3. The van der Waals surface area contributed by atoms with E-state index >= 15 is 0 Å². The van der Waals surface area contributed by atoms with Gasteiger partial charge in [0.1, 0.15) is 0 Å². The lowest BCUT2D eigenvalue weighted by Crippen LogP contribution is -2.36. The number of halogens is 1. The Kier molecular flexibility index (Phi) is 6.93.